The van der Waals surface area contributed by atoms with E-state index in [1.807, 2.05) is 56.3 Å². The summed E-state index contributed by atoms with van der Waals surface area (Å²) >= 11 is 0. The fourth-order valence-corrected chi connectivity index (χ4v) is 3.00. The molecule has 0 aliphatic carbocycles. The Morgan fingerprint density at radius 3 is 2.32 bits per heavy atom. The van der Waals surface area contributed by atoms with Gasteiger partial charge in [-0.1, -0.05) is 24.3 Å². The lowest BCUT2D eigenvalue weighted by Gasteiger charge is -2.38. The molecule has 0 radical (unpaired) electrons. The molecule has 1 amide bonds. The van der Waals surface area contributed by atoms with Crippen molar-refractivity contribution in [2.75, 3.05) is 29.2 Å². The molecule has 34 heavy (non-hydrogen) atoms. The van der Waals surface area contributed by atoms with Gasteiger partial charge in [-0.15, -0.1) is 0 Å². The van der Waals surface area contributed by atoms with E-state index in [9.17, 15) is 13.2 Å². The second-order valence-corrected chi connectivity index (χ2v) is 9.46. The molecule has 0 bridgehead atoms. The van der Waals surface area contributed by atoms with Crippen LogP contribution in [0.2, 0.25) is 0 Å². The standard InChI is InChI=1S/C20H24N6O2.C2H6O3S/c1-20(2)24-18(21)23-19(22)26(20)15-10-7-11-16(12-15)28-13-17(27)25(3)14-8-5-4-6-9-14;1-2-6(3,4)5/h4-12H,13H2,1-3H3,(H4,21,22,23,24);2H2,1H3,(H,3,4,5). The maximum atomic E-state index is 12.4. The zero-order valence-corrected chi connectivity index (χ0v) is 20.4. The molecule has 12 heteroatoms. The van der Waals surface area contributed by atoms with Gasteiger partial charge in [0.2, 0.25) is 11.9 Å². The molecule has 0 fully saturated rings. The van der Waals surface area contributed by atoms with Crippen LogP contribution < -0.4 is 26.0 Å². The summed E-state index contributed by atoms with van der Waals surface area (Å²) in [7, 11) is -1.95. The number of likely N-dealkylation sites (N-methyl/N-ethyl adjacent to an activating group) is 1. The number of guanidine groups is 2. The molecule has 3 rings (SSSR count). The molecule has 1 aliphatic heterocycles. The number of hydrogen-bond donors (Lipinski definition) is 3. The molecule has 1 heterocycles. The number of aliphatic imine (C=N–C) groups is 2. The molecule has 2 aromatic carbocycles. The Labute approximate surface area is 199 Å². The number of ether oxygens (including phenoxy) is 1. The molecule has 0 saturated heterocycles. The second-order valence-electron chi connectivity index (χ2n) is 7.71. The molecule has 184 valence electrons. The summed E-state index contributed by atoms with van der Waals surface area (Å²) in [6, 6.07) is 16.6. The highest BCUT2D eigenvalue weighted by atomic mass is 32.2. The highest BCUT2D eigenvalue weighted by Gasteiger charge is 2.33. The third-order valence-corrected chi connectivity index (χ3v) is 5.44. The Bertz CT molecular complexity index is 1170. The number of hydrogen-bond acceptors (Lipinski definition) is 9. The first kappa shape index (κ1) is 26.6. The van der Waals surface area contributed by atoms with Crippen molar-refractivity contribution in [3.05, 3.63) is 54.6 Å². The van der Waals surface area contributed by atoms with Crippen molar-refractivity contribution < 1.29 is 22.5 Å². The maximum Gasteiger partial charge on any atom is 0.264 e. The van der Waals surface area contributed by atoms with Crippen molar-refractivity contribution in [2.24, 2.45) is 21.5 Å². The Morgan fingerprint density at radius 1 is 1.15 bits per heavy atom. The number of anilines is 2. The average molecular weight is 491 g/mol. The van der Waals surface area contributed by atoms with Crippen LogP contribution in [-0.2, 0) is 14.9 Å². The SMILES string of the molecule is CCS(=O)(=O)O.CN(C(=O)COc1cccc(N2C(N)=NC(N)=NC2(C)C)c1)c1ccccc1. The summed E-state index contributed by atoms with van der Waals surface area (Å²) < 4.78 is 32.6. The van der Waals surface area contributed by atoms with Gasteiger partial charge in [-0.05, 0) is 45.0 Å². The molecular weight excluding hydrogens is 460 g/mol. The summed E-state index contributed by atoms with van der Waals surface area (Å²) in [5.41, 5.74) is 12.6. The van der Waals surface area contributed by atoms with Gasteiger partial charge in [-0.25, -0.2) is 4.99 Å². The Morgan fingerprint density at radius 2 is 1.76 bits per heavy atom. The number of carbonyl (C=O) groups is 1. The molecule has 0 unspecified atom stereocenters. The van der Waals surface area contributed by atoms with Gasteiger partial charge >= 0.3 is 0 Å². The highest BCUT2D eigenvalue weighted by molar-refractivity contribution is 7.85. The summed E-state index contributed by atoms with van der Waals surface area (Å²) in [5, 5.41) is 0. The van der Waals surface area contributed by atoms with E-state index in [0.717, 1.165) is 11.4 Å². The molecule has 1 aliphatic rings. The van der Waals surface area contributed by atoms with Gasteiger partial charge in [0.1, 0.15) is 11.4 Å². The molecular formula is C22H30N6O5S. The van der Waals surface area contributed by atoms with Crippen LogP contribution in [0.25, 0.3) is 0 Å². The van der Waals surface area contributed by atoms with E-state index in [-0.39, 0.29) is 30.2 Å². The summed E-state index contributed by atoms with van der Waals surface area (Å²) in [6.07, 6.45) is 0. The van der Waals surface area contributed by atoms with Gasteiger partial charge < -0.3 is 21.1 Å². The summed E-state index contributed by atoms with van der Waals surface area (Å²) in [6.45, 7) is 5.04. The quantitative estimate of drug-likeness (QED) is 0.516. The smallest absolute Gasteiger partial charge is 0.264 e. The summed E-state index contributed by atoms with van der Waals surface area (Å²) in [4.78, 5) is 24.1. The van der Waals surface area contributed by atoms with Crippen molar-refractivity contribution in [3.8, 4) is 5.75 Å². The number of carbonyl (C=O) groups excluding carboxylic acids is 1. The van der Waals surface area contributed by atoms with Crippen LogP contribution in [0.5, 0.6) is 5.75 Å². The van der Waals surface area contributed by atoms with Crippen molar-refractivity contribution >= 4 is 39.3 Å². The lowest BCUT2D eigenvalue weighted by atomic mass is 10.1. The first-order chi connectivity index (χ1) is 15.8. The first-order valence-corrected chi connectivity index (χ1v) is 11.9. The molecule has 0 saturated carbocycles. The second kappa shape index (κ2) is 11.0. The van der Waals surface area contributed by atoms with Crippen LogP contribution >= 0.6 is 0 Å². The molecule has 2 aromatic rings. The van der Waals surface area contributed by atoms with E-state index in [1.54, 1.807) is 29.0 Å². The van der Waals surface area contributed by atoms with Gasteiger partial charge in [0.05, 0.1) is 5.75 Å². The molecule has 11 nitrogen and oxygen atoms in total. The van der Waals surface area contributed by atoms with E-state index in [4.69, 9.17) is 20.8 Å². The fraction of sp³-hybridized carbons (Fsp3) is 0.318. The number of nitrogens with zero attached hydrogens (tertiary/aromatic N) is 4. The maximum absolute atomic E-state index is 12.4. The first-order valence-electron chi connectivity index (χ1n) is 10.3. The van der Waals surface area contributed by atoms with Crippen LogP contribution in [0.4, 0.5) is 11.4 Å². The minimum Gasteiger partial charge on any atom is -0.484 e. The Hall–Kier alpha value is -3.64. The van der Waals surface area contributed by atoms with Gasteiger partial charge in [0.15, 0.2) is 6.61 Å². The minimum atomic E-state index is -3.66. The zero-order chi connectivity index (χ0) is 25.5. The molecule has 0 atom stereocenters. The third kappa shape index (κ3) is 7.46. The van der Waals surface area contributed by atoms with Crippen LogP contribution in [0.15, 0.2) is 64.6 Å². The predicted octanol–water partition coefficient (Wildman–Crippen LogP) is 1.81. The van der Waals surface area contributed by atoms with E-state index < -0.39 is 15.8 Å². The minimum absolute atomic E-state index is 0.0904. The number of amides is 1. The van der Waals surface area contributed by atoms with Crippen LogP contribution in [-0.4, -0.2) is 55.9 Å². The van der Waals surface area contributed by atoms with E-state index in [2.05, 4.69) is 9.98 Å². The van der Waals surface area contributed by atoms with Crippen LogP contribution in [0.1, 0.15) is 20.8 Å². The number of benzene rings is 2. The van der Waals surface area contributed by atoms with Gasteiger partial charge in [0, 0.05) is 24.5 Å². The third-order valence-electron chi connectivity index (χ3n) is 4.71. The number of para-hydroxylation sites is 1. The lowest BCUT2D eigenvalue weighted by Crippen LogP contribution is -2.54. The van der Waals surface area contributed by atoms with Crippen molar-refractivity contribution in [1.29, 1.82) is 0 Å². The highest BCUT2D eigenvalue weighted by Crippen LogP contribution is 2.30. The van der Waals surface area contributed by atoms with E-state index >= 15 is 0 Å². The summed E-state index contributed by atoms with van der Waals surface area (Å²) in [5.74, 6) is 0.564. The van der Waals surface area contributed by atoms with E-state index in [0.29, 0.717) is 5.75 Å². The molecule has 0 spiro atoms. The van der Waals surface area contributed by atoms with Crippen molar-refractivity contribution in [1.82, 2.24) is 0 Å². The van der Waals surface area contributed by atoms with Crippen LogP contribution in [0, 0.1) is 0 Å². The predicted molar refractivity (Wildman–Crippen MR) is 134 cm³/mol. The topological polar surface area (TPSA) is 164 Å². The number of rotatable bonds is 6. The van der Waals surface area contributed by atoms with Gasteiger partial charge in [-0.3, -0.25) is 14.2 Å². The average Bonchev–Trinajstić information content (AvgIpc) is 2.76. The van der Waals surface area contributed by atoms with Gasteiger partial charge in [0.25, 0.3) is 16.0 Å². The largest absolute Gasteiger partial charge is 0.484 e. The normalized spacial score (nSPS) is 14.8. The Balaban J connectivity index is 0.000000604. The van der Waals surface area contributed by atoms with Crippen molar-refractivity contribution in [2.45, 2.75) is 26.4 Å². The monoisotopic (exact) mass is 490 g/mol. The molecule has 0 aromatic heterocycles. The van der Waals surface area contributed by atoms with E-state index in [1.165, 1.54) is 6.92 Å². The Kier molecular flexibility index (Phi) is 8.60. The van der Waals surface area contributed by atoms with Crippen molar-refractivity contribution in [3.63, 3.8) is 0 Å². The zero-order valence-electron chi connectivity index (χ0n) is 19.5. The lowest BCUT2D eigenvalue weighted by molar-refractivity contribution is -0.120. The molecule has 5 N–H and O–H groups in total. The van der Waals surface area contributed by atoms with Crippen LogP contribution in [0.3, 0.4) is 0 Å². The fourth-order valence-electron chi connectivity index (χ4n) is 3.00. The van der Waals surface area contributed by atoms with Gasteiger partial charge in [-0.2, -0.15) is 13.4 Å². The number of nitrogens with two attached hydrogens (primary N) is 2.